The van der Waals surface area contributed by atoms with Crippen molar-refractivity contribution in [1.82, 2.24) is 5.32 Å². The number of halogens is 2. The lowest BCUT2D eigenvalue weighted by Crippen LogP contribution is -2.26. The van der Waals surface area contributed by atoms with Gasteiger partial charge in [0.1, 0.15) is 0 Å². The summed E-state index contributed by atoms with van der Waals surface area (Å²) in [7, 11) is 0. The highest BCUT2D eigenvalue weighted by Gasteiger charge is 2.12. The van der Waals surface area contributed by atoms with Crippen LogP contribution >= 0.6 is 23.2 Å². The molecule has 0 aliphatic heterocycles. The fraction of sp³-hybridized carbons (Fsp3) is 0.118. The van der Waals surface area contributed by atoms with Gasteiger partial charge in [-0.2, -0.15) is 0 Å². The van der Waals surface area contributed by atoms with Crippen molar-refractivity contribution in [3.05, 3.63) is 75.8 Å². The number of nitrogens with one attached hydrogen (secondary N) is 1. The number of carboxylic acid groups (broad SMARTS) is 1. The van der Waals surface area contributed by atoms with Gasteiger partial charge in [-0.05, 0) is 23.6 Å². The second-order valence-electron chi connectivity index (χ2n) is 4.69. The molecule has 1 unspecified atom stereocenters. The van der Waals surface area contributed by atoms with Gasteiger partial charge in [-0.1, -0.05) is 77.8 Å². The summed E-state index contributed by atoms with van der Waals surface area (Å²) in [6, 6.07) is 14.5. The number of amides is 1. The van der Waals surface area contributed by atoms with Gasteiger partial charge in [-0.3, -0.25) is 0 Å². The molecule has 2 N–H and O–H groups in total. The molecule has 0 heterocycles. The minimum atomic E-state index is -1.05. The van der Waals surface area contributed by atoms with Crippen LogP contribution in [0.2, 0.25) is 10.0 Å². The van der Waals surface area contributed by atoms with E-state index in [1.807, 2.05) is 54.6 Å². The van der Waals surface area contributed by atoms with Crippen LogP contribution in [0.5, 0.6) is 0 Å². The largest absolute Gasteiger partial charge is 0.465 e. The molecule has 0 aliphatic rings. The summed E-state index contributed by atoms with van der Waals surface area (Å²) in [6.45, 7) is 0. The van der Waals surface area contributed by atoms with Crippen molar-refractivity contribution in [2.75, 3.05) is 0 Å². The van der Waals surface area contributed by atoms with E-state index >= 15 is 0 Å². The van der Waals surface area contributed by atoms with Crippen molar-refractivity contribution in [3.63, 3.8) is 0 Å². The second-order valence-corrected chi connectivity index (χ2v) is 5.48. The van der Waals surface area contributed by atoms with Gasteiger partial charge in [0.05, 0.1) is 16.1 Å². The Balaban J connectivity index is 2.13. The Morgan fingerprint density at radius 2 is 1.86 bits per heavy atom. The van der Waals surface area contributed by atoms with Crippen LogP contribution in [-0.2, 0) is 0 Å². The standard InChI is InChI=1S/C17H15Cl2NO2/c18-14-10-4-8-13(16(14)19)9-5-11-15(20-17(21)22)12-6-2-1-3-7-12/h1-10,15,20H,11H2,(H,21,22). The number of rotatable bonds is 5. The highest BCUT2D eigenvalue weighted by molar-refractivity contribution is 6.42. The monoisotopic (exact) mass is 335 g/mol. The van der Waals surface area contributed by atoms with Crippen molar-refractivity contribution < 1.29 is 9.90 Å². The summed E-state index contributed by atoms with van der Waals surface area (Å²) in [6.07, 6.45) is 3.18. The third kappa shape index (κ3) is 4.52. The van der Waals surface area contributed by atoms with E-state index in [1.54, 1.807) is 6.07 Å². The second kappa shape index (κ2) is 7.87. The molecule has 0 aliphatic carbocycles. The number of hydrogen-bond donors (Lipinski definition) is 2. The molecule has 3 nitrogen and oxygen atoms in total. The first-order valence-corrected chi connectivity index (χ1v) is 7.48. The van der Waals surface area contributed by atoms with E-state index in [4.69, 9.17) is 28.3 Å². The van der Waals surface area contributed by atoms with E-state index in [-0.39, 0.29) is 6.04 Å². The molecule has 0 saturated heterocycles. The molecule has 1 atom stereocenters. The average Bonchev–Trinajstić information content (AvgIpc) is 2.51. The molecule has 0 bridgehead atoms. The first-order chi connectivity index (χ1) is 10.6. The predicted octanol–water partition coefficient (Wildman–Crippen LogP) is 5.41. The molecule has 1 amide bonds. The Morgan fingerprint density at radius 3 is 2.55 bits per heavy atom. The zero-order valence-corrected chi connectivity index (χ0v) is 13.2. The van der Waals surface area contributed by atoms with Crippen molar-refractivity contribution >= 4 is 35.4 Å². The van der Waals surface area contributed by atoms with E-state index < -0.39 is 6.09 Å². The molecule has 0 saturated carbocycles. The summed E-state index contributed by atoms with van der Waals surface area (Å²) >= 11 is 12.1. The summed E-state index contributed by atoms with van der Waals surface area (Å²) in [5, 5.41) is 12.5. The summed E-state index contributed by atoms with van der Waals surface area (Å²) in [4.78, 5) is 10.9. The molecule has 0 radical (unpaired) electrons. The fourth-order valence-corrected chi connectivity index (χ4v) is 2.46. The minimum Gasteiger partial charge on any atom is -0.465 e. The lowest BCUT2D eigenvalue weighted by atomic mass is 10.0. The van der Waals surface area contributed by atoms with Crippen LogP contribution in [0.25, 0.3) is 6.08 Å². The molecule has 22 heavy (non-hydrogen) atoms. The normalized spacial score (nSPS) is 12.3. The van der Waals surface area contributed by atoms with E-state index in [0.717, 1.165) is 11.1 Å². The Hall–Kier alpha value is -1.97. The SMILES string of the molecule is O=C(O)NC(CC=Cc1cccc(Cl)c1Cl)c1ccccc1. The third-order valence-electron chi connectivity index (χ3n) is 3.15. The van der Waals surface area contributed by atoms with E-state index in [2.05, 4.69) is 5.32 Å². The Labute approximate surface area is 139 Å². The zero-order chi connectivity index (χ0) is 15.9. The van der Waals surface area contributed by atoms with Crippen molar-refractivity contribution in [1.29, 1.82) is 0 Å². The topological polar surface area (TPSA) is 49.3 Å². The molecule has 5 heteroatoms. The minimum absolute atomic E-state index is 0.312. The number of benzene rings is 2. The number of carbonyl (C=O) groups is 1. The lowest BCUT2D eigenvalue weighted by Gasteiger charge is -2.15. The van der Waals surface area contributed by atoms with Gasteiger partial charge >= 0.3 is 6.09 Å². The number of hydrogen-bond acceptors (Lipinski definition) is 1. The van der Waals surface area contributed by atoms with Gasteiger partial charge in [0.2, 0.25) is 0 Å². The predicted molar refractivity (Wildman–Crippen MR) is 90.5 cm³/mol. The maximum absolute atomic E-state index is 10.9. The van der Waals surface area contributed by atoms with Crippen LogP contribution in [0, 0.1) is 0 Å². The highest BCUT2D eigenvalue weighted by atomic mass is 35.5. The van der Waals surface area contributed by atoms with Gasteiger partial charge in [0.25, 0.3) is 0 Å². The van der Waals surface area contributed by atoms with Gasteiger partial charge in [0.15, 0.2) is 0 Å². The molecular weight excluding hydrogens is 321 g/mol. The molecule has 114 valence electrons. The Bertz CT molecular complexity index is 672. The molecule has 2 rings (SSSR count). The van der Waals surface area contributed by atoms with Crippen LogP contribution in [0.3, 0.4) is 0 Å². The summed E-state index contributed by atoms with van der Waals surface area (Å²) in [5.74, 6) is 0. The van der Waals surface area contributed by atoms with Crippen LogP contribution in [0.1, 0.15) is 23.6 Å². The van der Waals surface area contributed by atoms with Crippen LogP contribution in [0.15, 0.2) is 54.6 Å². The van der Waals surface area contributed by atoms with Gasteiger partial charge in [-0.15, -0.1) is 0 Å². The maximum atomic E-state index is 10.9. The lowest BCUT2D eigenvalue weighted by molar-refractivity contribution is 0.190. The first kappa shape index (κ1) is 16.4. The van der Waals surface area contributed by atoms with Crippen molar-refractivity contribution in [3.8, 4) is 0 Å². The van der Waals surface area contributed by atoms with Crippen LogP contribution in [-0.4, -0.2) is 11.2 Å². The van der Waals surface area contributed by atoms with Crippen molar-refractivity contribution in [2.45, 2.75) is 12.5 Å². The van der Waals surface area contributed by atoms with E-state index in [1.165, 1.54) is 0 Å². The van der Waals surface area contributed by atoms with Gasteiger partial charge in [-0.25, -0.2) is 4.79 Å². The summed E-state index contributed by atoms with van der Waals surface area (Å²) in [5.41, 5.74) is 1.71. The Kier molecular flexibility index (Phi) is 5.87. The molecule has 0 fully saturated rings. The smallest absolute Gasteiger partial charge is 0.405 e. The third-order valence-corrected chi connectivity index (χ3v) is 3.98. The Morgan fingerprint density at radius 1 is 1.14 bits per heavy atom. The van der Waals surface area contributed by atoms with Gasteiger partial charge in [0, 0.05) is 0 Å². The summed E-state index contributed by atoms with van der Waals surface area (Å²) < 4.78 is 0. The van der Waals surface area contributed by atoms with Gasteiger partial charge < -0.3 is 10.4 Å². The van der Waals surface area contributed by atoms with E-state index in [0.29, 0.717) is 16.5 Å². The first-order valence-electron chi connectivity index (χ1n) is 6.73. The van der Waals surface area contributed by atoms with E-state index in [9.17, 15) is 4.79 Å². The molecule has 0 aromatic heterocycles. The van der Waals surface area contributed by atoms with Crippen LogP contribution in [0.4, 0.5) is 4.79 Å². The fourth-order valence-electron chi connectivity index (χ4n) is 2.09. The maximum Gasteiger partial charge on any atom is 0.405 e. The van der Waals surface area contributed by atoms with Crippen LogP contribution < -0.4 is 5.32 Å². The molecular formula is C17H15Cl2NO2. The van der Waals surface area contributed by atoms with Crippen molar-refractivity contribution in [2.24, 2.45) is 0 Å². The average molecular weight is 336 g/mol. The zero-order valence-electron chi connectivity index (χ0n) is 11.7. The molecule has 0 spiro atoms. The quantitative estimate of drug-likeness (QED) is 0.767. The highest BCUT2D eigenvalue weighted by Crippen LogP contribution is 2.27. The molecule has 2 aromatic carbocycles. The molecule has 2 aromatic rings.